The lowest BCUT2D eigenvalue weighted by Gasteiger charge is -2.18. The van der Waals surface area contributed by atoms with Crippen LogP contribution in [-0.4, -0.2) is 28.7 Å². The van der Waals surface area contributed by atoms with Crippen molar-refractivity contribution in [2.24, 2.45) is 0 Å². The van der Waals surface area contributed by atoms with E-state index in [1.54, 1.807) is 37.5 Å². The summed E-state index contributed by atoms with van der Waals surface area (Å²) in [4.78, 5) is 21.9. The molecule has 1 aliphatic carbocycles. The smallest absolute Gasteiger partial charge is 0.255 e. The van der Waals surface area contributed by atoms with Crippen molar-refractivity contribution in [1.29, 1.82) is 0 Å². The Hall–Kier alpha value is -2.67. The third-order valence-corrected chi connectivity index (χ3v) is 5.80. The van der Waals surface area contributed by atoms with Crippen LogP contribution in [0.1, 0.15) is 34.5 Å². The maximum Gasteiger partial charge on any atom is 0.255 e. The Labute approximate surface area is 166 Å². The number of carbonyl (C=O) groups is 1. The van der Waals surface area contributed by atoms with E-state index in [1.165, 1.54) is 23.9 Å². The van der Waals surface area contributed by atoms with Crippen LogP contribution in [0.2, 0.25) is 0 Å². The van der Waals surface area contributed by atoms with Gasteiger partial charge < -0.3 is 9.73 Å². The molecule has 2 aromatic heterocycles. The van der Waals surface area contributed by atoms with Gasteiger partial charge in [0.1, 0.15) is 10.8 Å². The van der Waals surface area contributed by atoms with Crippen molar-refractivity contribution >= 4 is 17.7 Å². The van der Waals surface area contributed by atoms with Gasteiger partial charge in [-0.1, -0.05) is 12.1 Å². The molecule has 0 bridgehead atoms. The highest BCUT2D eigenvalue weighted by atomic mass is 32.2. The molecule has 28 heavy (non-hydrogen) atoms. The Morgan fingerprint density at radius 2 is 2.00 bits per heavy atom. The van der Waals surface area contributed by atoms with Crippen molar-refractivity contribution in [3.05, 3.63) is 65.3 Å². The normalized spacial score (nSPS) is 14.7. The van der Waals surface area contributed by atoms with E-state index < -0.39 is 0 Å². The highest BCUT2D eigenvalue weighted by Gasteiger charge is 2.44. The van der Waals surface area contributed by atoms with E-state index in [2.05, 4.69) is 15.3 Å². The molecule has 3 aromatic rings. The van der Waals surface area contributed by atoms with Crippen LogP contribution < -0.4 is 5.32 Å². The number of hydrogen-bond acceptors (Lipinski definition) is 5. The molecule has 0 unspecified atom stereocenters. The number of benzene rings is 1. The zero-order valence-corrected chi connectivity index (χ0v) is 16.5. The molecule has 7 heteroatoms. The Balaban J connectivity index is 1.54. The first-order valence-corrected chi connectivity index (χ1v) is 10.3. The summed E-state index contributed by atoms with van der Waals surface area (Å²) in [5.41, 5.74) is 2.04. The molecule has 0 atom stereocenters. The minimum Gasteiger partial charge on any atom is -0.461 e. The van der Waals surface area contributed by atoms with Gasteiger partial charge in [-0.2, -0.15) is 0 Å². The van der Waals surface area contributed by atoms with Gasteiger partial charge in [0.2, 0.25) is 0 Å². The third-order valence-electron chi connectivity index (χ3n) is 5.12. The predicted octanol–water partition coefficient (Wildman–Crippen LogP) is 4.37. The molecule has 1 fully saturated rings. The third kappa shape index (κ3) is 3.54. The van der Waals surface area contributed by atoms with Crippen LogP contribution in [0.25, 0.3) is 11.6 Å². The first-order chi connectivity index (χ1) is 13.5. The number of nitrogens with zero attached hydrogens (tertiary/aromatic N) is 2. The number of aromatic nitrogens is 2. The average molecular weight is 397 g/mol. The maximum atomic E-state index is 13.2. The monoisotopic (exact) mass is 397 g/mol. The summed E-state index contributed by atoms with van der Waals surface area (Å²) < 4.78 is 18.6. The van der Waals surface area contributed by atoms with Crippen LogP contribution in [0.5, 0.6) is 0 Å². The van der Waals surface area contributed by atoms with Crippen molar-refractivity contribution in [3.8, 4) is 11.6 Å². The van der Waals surface area contributed by atoms with Gasteiger partial charge in [0, 0.05) is 12.0 Å². The van der Waals surface area contributed by atoms with Crippen LogP contribution in [0, 0.1) is 12.7 Å². The molecule has 2 heterocycles. The molecule has 4 rings (SSSR count). The highest BCUT2D eigenvalue weighted by molar-refractivity contribution is 7.98. The fourth-order valence-corrected chi connectivity index (χ4v) is 3.95. The SMILES string of the molecule is CSc1nc(-c2ccco2)nc(C)c1C(=O)NCC1(c2ccc(F)cc2)CC1. The van der Waals surface area contributed by atoms with Crippen LogP contribution in [0.15, 0.2) is 52.1 Å². The molecule has 0 saturated heterocycles. The number of halogens is 1. The summed E-state index contributed by atoms with van der Waals surface area (Å²) >= 11 is 1.40. The zero-order valence-electron chi connectivity index (χ0n) is 15.7. The molecule has 1 aliphatic rings. The van der Waals surface area contributed by atoms with Crippen molar-refractivity contribution in [1.82, 2.24) is 15.3 Å². The van der Waals surface area contributed by atoms with E-state index in [4.69, 9.17) is 4.42 Å². The lowest BCUT2D eigenvalue weighted by atomic mass is 9.96. The number of hydrogen-bond donors (Lipinski definition) is 1. The molecule has 0 aliphatic heterocycles. The van der Waals surface area contributed by atoms with Crippen LogP contribution in [0.3, 0.4) is 0 Å². The molecule has 0 spiro atoms. The second-order valence-electron chi connectivity index (χ2n) is 6.96. The molecule has 144 valence electrons. The Bertz CT molecular complexity index is 999. The van der Waals surface area contributed by atoms with Crippen molar-refractivity contribution in [3.63, 3.8) is 0 Å². The summed E-state index contributed by atoms with van der Waals surface area (Å²) in [5.74, 6) is 0.589. The summed E-state index contributed by atoms with van der Waals surface area (Å²) in [6.07, 6.45) is 5.39. The standard InChI is InChI=1S/C21H20FN3O2S/c1-13-17(20(28-2)25-18(24-13)16-4-3-11-27-16)19(26)23-12-21(9-10-21)14-5-7-15(22)8-6-14/h3-8,11H,9-10,12H2,1-2H3,(H,23,26). The average Bonchev–Trinajstić information content (AvgIpc) is 3.28. The van der Waals surface area contributed by atoms with Gasteiger partial charge in [-0.05, 0) is 55.9 Å². The van der Waals surface area contributed by atoms with Gasteiger partial charge >= 0.3 is 0 Å². The molecule has 0 radical (unpaired) electrons. The number of rotatable bonds is 6. The second-order valence-corrected chi connectivity index (χ2v) is 7.76. The minimum atomic E-state index is -0.252. The maximum absolute atomic E-state index is 13.2. The van der Waals surface area contributed by atoms with Gasteiger partial charge in [0.25, 0.3) is 5.91 Å². The number of carbonyl (C=O) groups excluding carboxylic acids is 1. The Morgan fingerprint density at radius 3 is 2.61 bits per heavy atom. The second kappa shape index (κ2) is 7.39. The quantitative estimate of drug-likeness (QED) is 0.494. The molecule has 1 N–H and O–H groups in total. The number of thioether (sulfide) groups is 1. The molecular weight excluding hydrogens is 377 g/mol. The van der Waals surface area contributed by atoms with E-state index in [1.807, 2.05) is 6.26 Å². The van der Waals surface area contributed by atoms with Crippen molar-refractivity contribution in [2.45, 2.75) is 30.2 Å². The minimum absolute atomic E-state index is 0.105. The van der Waals surface area contributed by atoms with E-state index >= 15 is 0 Å². The number of nitrogens with one attached hydrogen (secondary N) is 1. The van der Waals surface area contributed by atoms with Gasteiger partial charge in [-0.3, -0.25) is 4.79 Å². The molecule has 1 amide bonds. The fraction of sp³-hybridized carbons (Fsp3) is 0.286. The fourth-order valence-electron chi connectivity index (χ4n) is 3.33. The Kier molecular flexibility index (Phi) is 4.93. The molecule has 1 saturated carbocycles. The lowest BCUT2D eigenvalue weighted by Crippen LogP contribution is -2.33. The van der Waals surface area contributed by atoms with Gasteiger partial charge in [0.15, 0.2) is 11.6 Å². The summed E-state index contributed by atoms with van der Waals surface area (Å²) in [5, 5.41) is 3.65. The molecule has 1 aromatic carbocycles. The van der Waals surface area contributed by atoms with Crippen molar-refractivity contribution < 1.29 is 13.6 Å². The predicted molar refractivity (Wildman–Crippen MR) is 106 cm³/mol. The van der Waals surface area contributed by atoms with Gasteiger partial charge in [-0.25, -0.2) is 14.4 Å². The lowest BCUT2D eigenvalue weighted by molar-refractivity contribution is 0.0945. The number of furan rings is 1. The highest BCUT2D eigenvalue weighted by Crippen LogP contribution is 2.47. The van der Waals surface area contributed by atoms with E-state index in [0.29, 0.717) is 34.4 Å². The summed E-state index contributed by atoms with van der Waals surface area (Å²) in [7, 11) is 0. The zero-order chi connectivity index (χ0) is 19.7. The summed E-state index contributed by atoms with van der Waals surface area (Å²) in [6.45, 7) is 2.31. The van der Waals surface area contributed by atoms with Crippen LogP contribution in [-0.2, 0) is 5.41 Å². The van der Waals surface area contributed by atoms with E-state index in [9.17, 15) is 9.18 Å². The number of amides is 1. The summed E-state index contributed by atoms with van der Waals surface area (Å²) in [6, 6.07) is 10.1. The van der Waals surface area contributed by atoms with Crippen molar-refractivity contribution in [2.75, 3.05) is 12.8 Å². The van der Waals surface area contributed by atoms with E-state index in [0.717, 1.165) is 18.4 Å². The van der Waals surface area contributed by atoms with Gasteiger partial charge in [-0.15, -0.1) is 11.8 Å². The van der Waals surface area contributed by atoms with E-state index in [-0.39, 0.29) is 17.1 Å². The molecular formula is C21H20FN3O2S. The first kappa shape index (κ1) is 18.7. The molecule has 5 nitrogen and oxygen atoms in total. The first-order valence-electron chi connectivity index (χ1n) is 9.03. The number of aryl methyl sites for hydroxylation is 1. The Morgan fingerprint density at radius 1 is 1.25 bits per heavy atom. The van der Waals surface area contributed by atoms with Gasteiger partial charge in [0.05, 0.1) is 17.5 Å². The topological polar surface area (TPSA) is 68.0 Å². The van der Waals surface area contributed by atoms with Crippen LogP contribution >= 0.6 is 11.8 Å². The van der Waals surface area contributed by atoms with Crippen LogP contribution in [0.4, 0.5) is 4.39 Å². The largest absolute Gasteiger partial charge is 0.461 e.